The molecule has 2 aliphatic heterocycles. The summed E-state index contributed by atoms with van der Waals surface area (Å²) in [6.07, 6.45) is 1.81. The first kappa shape index (κ1) is 14.2. The number of rotatable bonds is 1. The highest BCUT2D eigenvalue weighted by molar-refractivity contribution is 5.91. The van der Waals surface area contributed by atoms with Crippen molar-refractivity contribution in [2.45, 2.75) is 6.42 Å². The maximum absolute atomic E-state index is 13.6. The van der Waals surface area contributed by atoms with Gasteiger partial charge in [-0.25, -0.2) is 9.18 Å². The van der Waals surface area contributed by atoms with Crippen LogP contribution in [0.2, 0.25) is 0 Å². The molecule has 2 saturated heterocycles. The molecule has 2 unspecified atom stereocenters. The predicted molar refractivity (Wildman–Crippen MR) is 85.1 cm³/mol. The van der Waals surface area contributed by atoms with Gasteiger partial charge in [-0.1, -0.05) is 0 Å². The van der Waals surface area contributed by atoms with Gasteiger partial charge in [0.05, 0.1) is 5.52 Å². The molecule has 2 fully saturated rings. The molecule has 2 aromatic rings. The van der Waals surface area contributed by atoms with Crippen molar-refractivity contribution in [3.8, 4) is 0 Å². The largest absolute Gasteiger partial charge is 0.465 e. The van der Waals surface area contributed by atoms with Crippen molar-refractivity contribution in [3.63, 3.8) is 0 Å². The average Bonchev–Trinajstić information content (AvgIpc) is 2.96. The van der Waals surface area contributed by atoms with Crippen LogP contribution in [0.15, 0.2) is 30.5 Å². The van der Waals surface area contributed by atoms with Crippen LogP contribution in [0.25, 0.3) is 10.9 Å². The number of aromatic nitrogens is 1. The van der Waals surface area contributed by atoms with E-state index in [1.807, 2.05) is 6.07 Å². The van der Waals surface area contributed by atoms with Gasteiger partial charge in [-0.15, -0.1) is 0 Å². The van der Waals surface area contributed by atoms with Gasteiger partial charge in [0.15, 0.2) is 0 Å². The Bertz CT molecular complexity index is 767. The fraction of sp³-hybridized carbons (Fsp3) is 0.412. The second-order valence-corrected chi connectivity index (χ2v) is 6.43. The molecule has 0 radical (unpaired) electrons. The van der Waals surface area contributed by atoms with Crippen molar-refractivity contribution in [3.05, 3.63) is 36.3 Å². The number of piperidine rings is 1. The van der Waals surface area contributed by atoms with E-state index in [0.29, 0.717) is 24.9 Å². The van der Waals surface area contributed by atoms with E-state index in [1.54, 1.807) is 12.3 Å². The molecule has 120 valence electrons. The van der Waals surface area contributed by atoms with Crippen molar-refractivity contribution in [1.82, 2.24) is 9.88 Å². The third-order valence-corrected chi connectivity index (χ3v) is 5.09. The first-order valence-electron chi connectivity index (χ1n) is 7.89. The molecular formula is C17H18FN3O2. The molecule has 1 aromatic heterocycles. The lowest BCUT2D eigenvalue weighted by Crippen LogP contribution is -2.42. The Morgan fingerprint density at radius 2 is 2.04 bits per heavy atom. The van der Waals surface area contributed by atoms with E-state index in [1.165, 1.54) is 17.0 Å². The monoisotopic (exact) mass is 315 g/mol. The van der Waals surface area contributed by atoms with Gasteiger partial charge in [0.25, 0.3) is 0 Å². The fourth-order valence-electron chi connectivity index (χ4n) is 3.92. The van der Waals surface area contributed by atoms with Crippen molar-refractivity contribution in [2.75, 3.05) is 31.1 Å². The average molecular weight is 315 g/mol. The Morgan fingerprint density at radius 1 is 1.22 bits per heavy atom. The van der Waals surface area contributed by atoms with Crippen LogP contribution in [-0.2, 0) is 0 Å². The van der Waals surface area contributed by atoms with Crippen LogP contribution in [0.3, 0.4) is 0 Å². The molecular weight excluding hydrogens is 297 g/mol. The van der Waals surface area contributed by atoms with Gasteiger partial charge in [0, 0.05) is 43.4 Å². The minimum atomic E-state index is -0.835. The number of pyridine rings is 1. The van der Waals surface area contributed by atoms with E-state index in [-0.39, 0.29) is 5.82 Å². The van der Waals surface area contributed by atoms with E-state index in [2.05, 4.69) is 9.88 Å². The van der Waals surface area contributed by atoms with Crippen LogP contribution in [0.5, 0.6) is 0 Å². The number of amides is 1. The molecule has 0 saturated carbocycles. The molecule has 5 nitrogen and oxygen atoms in total. The van der Waals surface area contributed by atoms with Crippen LogP contribution in [0, 0.1) is 17.7 Å². The van der Waals surface area contributed by atoms with Crippen molar-refractivity contribution >= 4 is 22.7 Å². The zero-order valence-electron chi connectivity index (χ0n) is 12.7. The van der Waals surface area contributed by atoms with Crippen molar-refractivity contribution < 1.29 is 14.3 Å². The van der Waals surface area contributed by atoms with Gasteiger partial charge < -0.3 is 14.9 Å². The normalized spacial score (nSPS) is 24.0. The highest BCUT2D eigenvalue weighted by atomic mass is 19.1. The number of benzene rings is 1. The Balaban J connectivity index is 1.63. The second kappa shape index (κ2) is 5.37. The molecule has 0 bridgehead atoms. The summed E-state index contributed by atoms with van der Waals surface area (Å²) in [6.45, 7) is 2.90. The van der Waals surface area contributed by atoms with Crippen molar-refractivity contribution in [2.24, 2.45) is 11.8 Å². The van der Waals surface area contributed by atoms with E-state index in [9.17, 15) is 14.3 Å². The van der Waals surface area contributed by atoms with Gasteiger partial charge in [-0.3, -0.25) is 4.98 Å². The minimum absolute atomic E-state index is 0.264. The lowest BCUT2D eigenvalue weighted by molar-refractivity contribution is 0.110. The second-order valence-electron chi connectivity index (χ2n) is 6.43. The molecule has 0 aliphatic carbocycles. The standard InChI is InChI=1S/C17H18FN3O2/c18-13-1-2-15-14(7-13)16(3-5-19-15)21-8-11-4-6-20(17(22)23)9-12(11)10-21/h1-3,5,7,11-12H,4,6,8-10H2,(H,22,23). The quantitative estimate of drug-likeness (QED) is 0.879. The molecule has 6 heteroatoms. The van der Waals surface area contributed by atoms with Crippen LogP contribution >= 0.6 is 0 Å². The Kier molecular flexibility index (Phi) is 3.32. The van der Waals surface area contributed by atoms with Gasteiger partial charge in [-0.05, 0) is 42.5 Å². The molecule has 1 aromatic carbocycles. The smallest absolute Gasteiger partial charge is 0.407 e. The summed E-state index contributed by atoms with van der Waals surface area (Å²) in [5.74, 6) is 0.583. The van der Waals surface area contributed by atoms with Gasteiger partial charge in [-0.2, -0.15) is 0 Å². The summed E-state index contributed by atoms with van der Waals surface area (Å²) in [5, 5.41) is 10.00. The maximum atomic E-state index is 13.6. The molecule has 3 heterocycles. The lowest BCUT2D eigenvalue weighted by Gasteiger charge is -2.32. The van der Waals surface area contributed by atoms with Gasteiger partial charge in [0.1, 0.15) is 5.82 Å². The van der Waals surface area contributed by atoms with E-state index in [0.717, 1.165) is 36.1 Å². The number of carboxylic acid groups (broad SMARTS) is 1. The Labute approximate surface area is 133 Å². The number of halogens is 1. The minimum Gasteiger partial charge on any atom is -0.465 e. The zero-order chi connectivity index (χ0) is 16.0. The zero-order valence-corrected chi connectivity index (χ0v) is 12.7. The number of carbonyl (C=O) groups is 1. The first-order chi connectivity index (χ1) is 11.1. The molecule has 1 N–H and O–H groups in total. The maximum Gasteiger partial charge on any atom is 0.407 e. The summed E-state index contributed by atoms with van der Waals surface area (Å²) in [4.78, 5) is 19.2. The van der Waals surface area contributed by atoms with E-state index < -0.39 is 6.09 Å². The van der Waals surface area contributed by atoms with Gasteiger partial charge >= 0.3 is 6.09 Å². The number of nitrogens with zero attached hydrogens (tertiary/aromatic N) is 3. The summed E-state index contributed by atoms with van der Waals surface area (Å²) in [5.41, 5.74) is 1.77. The fourth-order valence-corrected chi connectivity index (χ4v) is 3.92. The Morgan fingerprint density at radius 3 is 2.87 bits per heavy atom. The summed E-state index contributed by atoms with van der Waals surface area (Å²) < 4.78 is 13.6. The summed E-state index contributed by atoms with van der Waals surface area (Å²) >= 11 is 0. The summed E-state index contributed by atoms with van der Waals surface area (Å²) in [6, 6.07) is 6.58. The van der Waals surface area contributed by atoms with Crippen LogP contribution < -0.4 is 4.90 Å². The number of anilines is 1. The SMILES string of the molecule is O=C(O)N1CCC2CN(c3ccnc4ccc(F)cc34)CC2C1. The van der Waals surface area contributed by atoms with Crippen LogP contribution in [-0.4, -0.2) is 47.3 Å². The molecule has 2 aliphatic rings. The predicted octanol–water partition coefficient (Wildman–Crippen LogP) is 2.81. The number of hydrogen-bond donors (Lipinski definition) is 1. The molecule has 4 rings (SSSR count). The lowest BCUT2D eigenvalue weighted by atomic mass is 9.89. The number of hydrogen-bond acceptors (Lipinski definition) is 3. The highest BCUT2D eigenvalue weighted by Crippen LogP contribution is 2.36. The third-order valence-electron chi connectivity index (χ3n) is 5.09. The highest BCUT2D eigenvalue weighted by Gasteiger charge is 2.38. The summed E-state index contributed by atoms with van der Waals surface area (Å²) in [7, 11) is 0. The van der Waals surface area contributed by atoms with Crippen LogP contribution in [0.1, 0.15) is 6.42 Å². The molecule has 1 amide bonds. The van der Waals surface area contributed by atoms with Gasteiger partial charge in [0.2, 0.25) is 0 Å². The first-order valence-corrected chi connectivity index (χ1v) is 7.89. The van der Waals surface area contributed by atoms with Crippen LogP contribution in [0.4, 0.5) is 14.9 Å². The van der Waals surface area contributed by atoms with E-state index >= 15 is 0 Å². The molecule has 23 heavy (non-hydrogen) atoms. The molecule has 2 atom stereocenters. The van der Waals surface area contributed by atoms with E-state index in [4.69, 9.17) is 0 Å². The number of fused-ring (bicyclic) bond motifs is 2. The Hall–Kier alpha value is -2.37. The third kappa shape index (κ3) is 2.48. The molecule has 0 spiro atoms. The number of likely N-dealkylation sites (tertiary alicyclic amines) is 1. The topological polar surface area (TPSA) is 56.7 Å². The van der Waals surface area contributed by atoms with Crippen molar-refractivity contribution in [1.29, 1.82) is 0 Å².